The van der Waals surface area contributed by atoms with Gasteiger partial charge in [-0.05, 0) is 48.9 Å². The first-order valence-corrected chi connectivity index (χ1v) is 14.0. The van der Waals surface area contributed by atoms with Gasteiger partial charge in [-0.2, -0.15) is 10.1 Å². The molecule has 1 aliphatic heterocycles. The summed E-state index contributed by atoms with van der Waals surface area (Å²) in [7, 11) is 0. The van der Waals surface area contributed by atoms with E-state index < -0.39 is 11.7 Å². The molecule has 41 heavy (non-hydrogen) atoms. The van der Waals surface area contributed by atoms with Gasteiger partial charge in [0.2, 0.25) is 5.91 Å². The van der Waals surface area contributed by atoms with Gasteiger partial charge in [0.05, 0.1) is 5.39 Å². The van der Waals surface area contributed by atoms with Crippen LogP contribution in [0.3, 0.4) is 0 Å². The highest BCUT2D eigenvalue weighted by molar-refractivity contribution is 6.00. The van der Waals surface area contributed by atoms with Crippen LogP contribution in [0.2, 0.25) is 0 Å². The zero-order valence-corrected chi connectivity index (χ0v) is 23.3. The number of aromatic amines is 1. The molecule has 1 saturated heterocycles. The zero-order valence-electron chi connectivity index (χ0n) is 23.3. The monoisotopic (exact) mass is 560 g/mol. The number of fused-ring (bicyclic) bond motifs is 1. The zero-order chi connectivity index (χ0) is 28.7. The molecule has 4 heterocycles. The second-order valence-corrected chi connectivity index (χ2v) is 11.8. The molecule has 0 spiro atoms. The van der Waals surface area contributed by atoms with Gasteiger partial charge in [0.1, 0.15) is 5.82 Å². The number of halogens is 1. The third kappa shape index (κ3) is 5.63. The van der Waals surface area contributed by atoms with Crippen molar-refractivity contribution in [2.75, 3.05) is 18.0 Å². The molecule has 0 unspecified atom stereocenters. The Morgan fingerprint density at radius 1 is 1.15 bits per heavy atom. The summed E-state index contributed by atoms with van der Waals surface area (Å²) in [5, 5.41) is 18.1. The number of piperidine rings is 1. The molecule has 2 amide bonds. The van der Waals surface area contributed by atoms with Crippen molar-refractivity contribution in [3.63, 3.8) is 0 Å². The van der Waals surface area contributed by atoms with Crippen LogP contribution in [-0.2, 0) is 16.8 Å². The maximum atomic E-state index is 15.3. The van der Waals surface area contributed by atoms with Crippen molar-refractivity contribution >= 4 is 28.7 Å². The number of nitrogens with zero attached hydrogens (tertiary/aromatic N) is 5. The summed E-state index contributed by atoms with van der Waals surface area (Å²) in [6, 6.07) is 6.95. The van der Waals surface area contributed by atoms with Gasteiger partial charge < -0.3 is 20.1 Å². The van der Waals surface area contributed by atoms with E-state index in [0.29, 0.717) is 22.6 Å². The standard InChI is InChI=1S/C29H33FN8O3/c1-29(2,3)28-34-27(41-37-28)26(40)32-15-18-7-6-17(14-21(18)30)20-8-11-31-23-22(20)24(36-35-23)38-12-9-19(10-13-38)33-25(39)16-4-5-16/h6-8,11,14,16,19H,4-5,9-10,12-13,15H2,1-3H3,(H,32,40)(H,33,39)(H,31,35,36). The lowest BCUT2D eigenvalue weighted by Gasteiger charge is -2.32. The Kier molecular flexibility index (Phi) is 6.92. The second-order valence-electron chi connectivity index (χ2n) is 11.8. The molecular weight excluding hydrogens is 527 g/mol. The van der Waals surface area contributed by atoms with Gasteiger partial charge >= 0.3 is 11.8 Å². The number of carbonyl (C=O) groups is 2. The summed E-state index contributed by atoms with van der Waals surface area (Å²) >= 11 is 0. The number of benzene rings is 1. The van der Waals surface area contributed by atoms with E-state index in [4.69, 9.17) is 4.52 Å². The minimum absolute atomic E-state index is 0.0346. The Balaban J connectivity index is 1.16. The average Bonchev–Trinajstić information content (AvgIpc) is 3.51. The number of rotatable bonds is 7. The molecule has 3 aromatic heterocycles. The molecule has 1 saturated carbocycles. The minimum atomic E-state index is -0.564. The molecule has 4 aromatic rings. The number of amides is 2. The van der Waals surface area contributed by atoms with Gasteiger partial charge in [0, 0.05) is 48.8 Å². The highest BCUT2D eigenvalue weighted by Gasteiger charge is 2.32. The molecule has 1 aliphatic carbocycles. The lowest BCUT2D eigenvalue weighted by Crippen LogP contribution is -2.45. The van der Waals surface area contributed by atoms with E-state index >= 15 is 4.39 Å². The fourth-order valence-corrected chi connectivity index (χ4v) is 5.03. The van der Waals surface area contributed by atoms with E-state index in [1.165, 1.54) is 6.07 Å². The number of carbonyl (C=O) groups excluding carboxylic acids is 2. The van der Waals surface area contributed by atoms with Crippen molar-refractivity contribution in [2.45, 2.75) is 64.5 Å². The number of aromatic nitrogens is 5. The third-order valence-corrected chi connectivity index (χ3v) is 7.63. The van der Waals surface area contributed by atoms with Gasteiger partial charge in [-0.3, -0.25) is 14.7 Å². The van der Waals surface area contributed by atoms with Crippen molar-refractivity contribution in [3.05, 3.63) is 53.6 Å². The highest BCUT2D eigenvalue weighted by Crippen LogP contribution is 2.35. The van der Waals surface area contributed by atoms with Crippen LogP contribution < -0.4 is 15.5 Å². The largest absolute Gasteiger partial charge is 0.354 e. The summed E-state index contributed by atoms with van der Waals surface area (Å²) in [6.07, 6.45) is 5.32. The Morgan fingerprint density at radius 2 is 1.93 bits per heavy atom. The molecule has 3 N–H and O–H groups in total. The maximum Gasteiger partial charge on any atom is 0.315 e. The van der Waals surface area contributed by atoms with Gasteiger partial charge in [0.15, 0.2) is 17.3 Å². The fourth-order valence-electron chi connectivity index (χ4n) is 5.03. The molecule has 0 bridgehead atoms. The van der Waals surface area contributed by atoms with Gasteiger partial charge in [-0.25, -0.2) is 9.37 Å². The molecule has 0 atom stereocenters. The van der Waals surface area contributed by atoms with Crippen LogP contribution in [0.25, 0.3) is 22.2 Å². The number of nitrogens with one attached hydrogen (secondary N) is 3. The van der Waals surface area contributed by atoms with Crippen molar-refractivity contribution in [1.29, 1.82) is 0 Å². The number of anilines is 1. The van der Waals surface area contributed by atoms with Crippen molar-refractivity contribution < 1.29 is 18.5 Å². The molecule has 6 rings (SSSR count). The Morgan fingerprint density at radius 3 is 2.61 bits per heavy atom. The molecular formula is C29H33FN8O3. The minimum Gasteiger partial charge on any atom is -0.354 e. The number of hydrogen-bond acceptors (Lipinski definition) is 8. The lowest BCUT2D eigenvalue weighted by molar-refractivity contribution is -0.123. The van der Waals surface area contributed by atoms with Crippen LogP contribution in [0.1, 0.15) is 68.5 Å². The molecule has 0 radical (unpaired) electrons. The van der Waals surface area contributed by atoms with E-state index in [1.807, 2.05) is 32.9 Å². The normalized spacial score (nSPS) is 16.2. The maximum absolute atomic E-state index is 15.3. The summed E-state index contributed by atoms with van der Waals surface area (Å²) in [5.41, 5.74) is 2.06. The van der Waals surface area contributed by atoms with E-state index in [1.54, 1.807) is 12.3 Å². The quantitative estimate of drug-likeness (QED) is 0.309. The summed E-state index contributed by atoms with van der Waals surface area (Å²) in [5.74, 6) is 0.387. The van der Waals surface area contributed by atoms with E-state index in [2.05, 4.69) is 40.9 Å². The van der Waals surface area contributed by atoms with Crippen molar-refractivity contribution in [3.8, 4) is 11.1 Å². The van der Waals surface area contributed by atoms with Crippen LogP contribution in [-0.4, -0.2) is 56.3 Å². The summed E-state index contributed by atoms with van der Waals surface area (Å²) in [4.78, 5) is 35.4. The van der Waals surface area contributed by atoms with E-state index in [-0.39, 0.29) is 35.7 Å². The number of pyridine rings is 1. The van der Waals surface area contributed by atoms with Crippen LogP contribution in [0.4, 0.5) is 10.2 Å². The Bertz CT molecular complexity index is 1600. The highest BCUT2D eigenvalue weighted by atomic mass is 19.1. The lowest BCUT2D eigenvalue weighted by atomic mass is 9.96. The van der Waals surface area contributed by atoms with Crippen molar-refractivity contribution in [2.24, 2.45) is 5.92 Å². The Labute approximate surface area is 236 Å². The topological polar surface area (TPSA) is 142 Å². The predicted octanol–water partition coefficient (Wildman–Crippen LogP) is 3.87. The van der Waals surface area contributed by atoms with E-state index in [9.17, 15) is 9.59 Å². The van der Waals surface area contributed by atoms with Crippen LogP contribution >= 0.6 is 0 Å². The smallest absolute Gasteiger partial charge is 0.315 e. The van der Waals surface area contributed by atoms with Crippen molar-refractivity contribution in [1.82, 2.24) is 36.0 Å². The molecule has 1 aromatic carbocycles. The molecule has 12 heteroatoms. The Hall–Kier alpha value is -4.35. The first-order valence-electron chi connectivity index (χ1n) is 14.0. The number of H-pyrrole nitrogens is 1. The van der Waals surface area contributed by atoms with E-state index in [0.717, 1.165) is 55.5 Å². The fraction of sp³-hybridized carbons (Fsp3) is 0.448. The third-order valence-electron chi connectivity index (χ3n) is 7.63. The first kappa shape index (κ1) is 26.9. The van der Waals surface area contributed by atoms with Gasteiger partial charge in [-0.1, -0.05) is 38.1 Å². The summed E-state index contributed by atoms with van der Waals surface area (Å²) < 4.78 is 20.3. The van der Waals surface area contributed by atoms with Gasteiger partial charge in [-0.15, -0.1) is 0 Å². The van der Waals surface area contributed by atoms with Crippen LogP contribution in [0.15, 0.2) is 35.0 Å². The SMILES string of the molecule is CC(C)(C)c1noc(C(=O)NCc2ccc(-c3ccnc4[nH]nc(N5CCC(NC(=O)C6CC6)CC5)c34)cc2F)n1. The summed E-state index contributed by atoms with van der Waals surface area (Å²) in [6.45, 7) is 7.20. The first-order chi connectivity index (χ1) is 19.7. The second kappa shape index (κ2) is 10.6. The van der Waals surface area contributed by atoms with Gasteiger partial charge in [0.25, 0.3) is 0 Å². The molecule has 11 nitrogen and oxygen atoms in total. The molecule has 2 fully saturated rings. The van der Waals surface area contributed by atoms with Crippen LogP contribution in [0.5, 0.6) is 0 Å². The number of hydrogen-bond donors (Lipinski definition) is 3. The molecule has 2 aliphatic rings. The van der Waals surface area contributed by atoms with Crippen LogP contribution in [0, 0.1) is 11.7 Å². The predicted molar refractivity (Wildman–Crippen MR) is 150 cm³/mol. The molecule has 214 valence electrons. The average molecular weight is 561 g/mol.